The zero-order valence-corrected chi connectivity index (χ0v) is 21.6. The van der Waals surface area contributed by atoms with Crippen LogP contribution in [0.15, 0.2) is 53.4 Å². The van der Waals surface area contributed by atoms with Crippen LogP contribution in [0.3, 0.4) is 0 Å². The normalized spacial score (nSPS) is 14.7. The summed E-state index contributed by atoms with van der Waals surface area (Å²) in [4.78, 5) is 39.8. The van der Waals surface area contributed by atoms with Crippen molar-refractivity contribution in [1.29, 1.82) is 0 Å². The third kappa shape index (κ3) is 6.13. The standard InChI is InChI=1S/C27H28N2O4S2/c1-16-6-4-7-18(12-16)25(31)28-19-8-5-9-20(14-19)34-15-23(30)29-26-24(27(32)33-3)21-11-10-17(2)13-22(21)35-26/h4-9,12,14,17H,10-11,13,15H2,1-3H3,(H,28,31)(H,29,30). The van der Waals surface area contributed by atoms with Crippen LogP contribution >= 0.6 is 23.1 Å². The summed E-state index contributed by atoms with van der Waals surface area (Å²) in [6.45, 7) is 4.14. The zero-order chi connectivity index (χ0) is 24.9. The number of amides is 2. The topological polar surface area (TPSA) is 84.5 Å². The molecule has 1 aliphatic rings. The number of ether oxygens (including phenoxy) is 1. The number of benzene rings is 2. The molecule has 182 valence electrons. The van der Waals surface area contributed by atoms with Crippen LogP contribution in [0.25, 0.3) is 0 Å². The number of hydrogen-bond acceptors (Lipinski definition) is 6. The summed E-state index contributed by atoms with van der Waals surface area (Å²) in [6.07, 6.45) is 2.76. The Morgan fingerprint density at radius 2 is 1.91 bits per heavy atom. The maximum atomic E-state index is 12.8. The maximum Gasteiger partial charge on any atom is 0.341 e. The lowest BCUT2D eigenvalue weighted by atomic mass is 9.88. The van der Waals surface area contributed by atoms with Gasteiger partial charge in [-0.25, -0.2) is 4.79 Å². The van der Waals surface area contributed by atoms with Crippen molar-refractivity contribution in [2.24, 2.45) is 5.92 Å². The van der Waals surface area contributed by atoms with Gasteiger partial charge in [-0.1, -0.05) is 30.7 Å². The van der Waals surface area contributed by atoms with Crippen LogP contribution in [-0.4, -0.2) is 30.6 Å². The average molecular weight is 509 g/mol. The number of thiophene rings is 1. The number of methoxy groups -OCH3 is 1. The van der Waals surface area contributed by atoms with Crippen LogP contribution in [0.1, 0.15) is 50.1 Å². The third-order valence-corrected chi connectivity index (χ3v) is 8.06. The van der Waals surface area contributed by atoms with Gasteiger partial charge in [0.2, 0.25) is 5.91 Å². The van der Waals surface area contributed by atoms with Crippen LogP contribution in [0.5, 0.6) is 0 Å². The number of carbonyl (C=O) groups excluding carboxylic acids is 3. The van der Waals surface area contributed by atoms with E-state index in [4.69, 9.17) is 4.74 Å². The lowest BCUT2D eigenvalue weighted by Gasteiger charge is -2.18. The highest BCUT2D eigenvalue weighted by Gasteiger charge is 2.28. The molecule has 0 saturated carbocycles. The van der Waals surface area contributed by atoms with E-state index >= 15 is 0 Å². The molecule has 2 N–H and O–H groups in total. The van der Waals surface area contributed by atoms with Gasteiger partial charge in [0.05, 0.1) is 18.4 Å². The van der Waals surface area contributed by atoms with E-state index in [0.717, 1.165) is 40.2 Å². The van der Waals surface area contributed by atoms with Crippen molar-refractivity contribution in [2.45, 2.75) is 38.0 Å². The van der Waals surface area contributed by atoms with E-state index in [1.807, 2.05) is 49.4 Å². The molecule has 0 bridgehead atoms. The fourth-order valence-corrected chi connectivity index (χ4v) is 6.29. The minimum absolute atomic E-state index is 0.175. The Bertz CT molecular complexity index is 1270. The van der Waals surface area contributed by atoms with E-state index in [0.29, 0.717) is 27.7 Å². The van der Waals surface area contributed by atoms with Gasteiger partial charge in [0.1, 0.15) is 5.00 Å². The van der Waals surface area contributed by atoms with E-state index < -0.39 is 5.97 Å². The van der Waals surface area contributed by atoms with Gasteiger partial charge in [-0.15, -0.1) is 23.1 Å². The first-order chi connectivity index (χ1) is 16.8. The highest BCUT2D eigenvalue weighted by molar-refractivity contribution is 8.00. The first-order valence-corrected chi connectivity index (χ1v) is 13.3. The number of thioether (sulfide) groups is 1. The Hall–Kier alpha value is -3.10. The molecule has 1 unspecified atom stereocenters. The molecule has 6 nitrogen and oxygen atoms in total. The van der Waals surface area contributed by atoms with Crippen molar-refractivity contribution >= 4 is 51.6 Å². The zero-order valence-electron chi connectivity index (χ0n) is 20.0. The highest BCUT2D eigenvalue weighted by Crippen LogP contribution is 2.40. The molecular weight excluding hydrogens is 480 g/mol. The summed E-state index contributed by atoms with van der Waals surface area (Å²) >= 11 is 2.85. The molecule has 8 heteroatoms. The molecule has 2 amide bonds. The molecule has 0 fully saturated rings. The molecule has 0 aliphatic heterocycles. The number of aryl methyl sites for hydroxylation is 1. The van der Waals surface area contributed by atoms with Crippen molar-refractivity contribution < 1.29 is 19.1 Å². The molecule has 1 heterocycles. The van der Waals surface area contributed by atoms with Gasteiger partial charge in [-0.3, -0.25) is 9.59 Å². The minimum Gasteiger partial charge on any atom is -0.465 e. The Labute approximate surface area is 213 Å². The molecule has 3 aromatic rings. The van der Waals surface area contributed by atoms with E-state index in [-0.39, 0.29) is 17.6 Å². The number of hydrogen-bond donors (Lipinski definition) is 2. The van der Waals surface area contributed by atoms with Gasteiger partial charge in [0, 0.05) is 21.0 Å². The van der Waals surface area contributed by atoms with E-state index in [1.165, 1.54) is 30.2 Å². The lowest BCUT2D eigenvalue weighted by Crippen LogP contribution is -2.17. The smallest absolute Gasteiger partial charge is 0.341 e. The Kier molecular flexibility index (Phi) is 7.93. The van der Waals surface area contributed by atoms with E-state index in [9.17, 15) is 14.4 Å². The summed E-state index contributed by atoms with van der Waals surface area (Å²) in [5, 5.41) is 6.41. The van der Waals surface area contributed by atoms with Crippen LogP contribution in [0.4, 0.5) is 10.7 Å². The summed E-state index contributed by atoms with van der Waals surface area (Å²) < 4.78 is 5.00. The molecule has 1 aromatic heterocycles. The molecule has 2 aromatic carbocycles. The fraction of sp³-hybridized carbons (Fsp3) is 0.296. The Morgan fingerprint density at radius 3 is 2.69 bits per heavy atom. The third-order valence-electron chi connectivity index (χ3n) is 5.90. The van der Waals surface area contributed by atoms with Crippen molar-refractivity contribution in [3.63, 3.8) is 0 Å². The molecule has 4 rings (SSSR count). The predicted molar refractivity (Wildman–Crippen MR) is 142 cm³/mol. The SMILES string of the molecule is COC(=O)c1c(NC(=O)CSc2cccc(NC(=O)c3cccc(C)c3)c2)sc2c1CCC(C)C2. The minimum atomic E-state index is -0.406. The molecule has 0 spiro atoms. The van der Waals surface area contributed by atoms with Crippen molar-refractivity contribution in [2.75, 3.05) is 23.5 Å². The van der Waals surface area contributed by atoms with Gasteiger partial charge in [0.15, 0.2) is 0 Å². The number of nitrogens with one attached hydrogen (secondary N) is 2. The summed E-state index contributed by atoms with van der Waals surface area (Å²) in [6, 6.07) is 14.8. The molecule has 0 radical (unpaired) electrons. The number of rotatable bonds is 7. The summed E-state index contributed by atoms with van der Waals surface area (Å²) in [7, 11) is 1.37. The molecule has 0 saturated heterocycles. The number of esters is 1. The predicted octanol–water partition coefficient (Wildman–Crippen LogP) is 5.95. The van der Waals surface area contributed by atoms with Crippen molar-refractivity contribution in [1.82, 2.24) is 0 Å². The second-order valence-corrected chi connectivity index (χ2v) is 10.9. The van der Waals surface area contributed by atoms with Crippen LogP contribution in [0, 0.1) is 12.8 Å². The largest absolute Gasteiger partial charge is 0.465 e. The fourth-order valence-electron chi connectivity index (χ4n) is 4.12. The second kappa shape index (κ2) is 11.1. The summed E-state index contributed by atoms with van der Waals surface area (Å²) in [5.41, 5.74) is 3.79. The summed E-state index contributed by atoms with van der Waals surface area (Å²) in [5.74, 6) is -0.0445. The van der Waals surface area contributed by atoms with E-state index in [1.54, 1.807) is 6.07 Å². The maximum absolute atomic E-state index is 12.8. The first kappa shape index (κ1) is 25.0. The van der Waals surface area contributed by atoms with Crippen molar-refractivity contribution in [3.05, 3.63) is 75.7 Å². The highest BCUT2D eigenvalue weighted by atomic mass is 32.2. The Balaban J connectivity index is 1.40. The molecular formula is C27H28N2O4S2. The number of anilines is 2. The van der Waals surface area contributed by atoms with Gasteiger partial charge < -0.3 is 15.4 Å². The van der Waals surface area contributed by atoms with Gasteiger partial charge >= 0.3 is 5.97 Å². The lowest BCUT2D eigenvalue weighted by molar-refractivity contribution is -0.113. The second-order valence-electron chi connectivity index (χ2n) is 8.74. The number of carbonyl (C=O) groups is 3. The van der Waals surface area contributed by atoms with E-state index in [2.05, 4.69) is 17.6 Å². The quantitative estimate of drug-likeness (QED) is 0.304. The van der Waals surface area contributed by atoms with Crippen LogP contribution in [0.2, 0.25) is 0 Å². The Morgan fingerprint density at radius 1 is 1.11 bits per heavy atom. The number of fused-ring (bicyclic) bond motifs is 1. The first-order valence-electron chi connectivity index (χ1n) is 11.5. The van der Waals surface area contributed by atoms with Crippen LogP contribution in [-0.2, 0) is 22.4 Å². The van der Waals surface area contributed by atoms with Gasteiger partial charge in [-0.05, 0) is 68.0 Å². The molecule has 1 atom stereocenters. The van der Waals surface area contributed by atoms with Gasteiger partial charge in [0.25, 0.3) is 5.91 Å². The molecule has 35 heavy (non-hydrogen) atoms. The molecule has 1 aliphatic carbocycles. The van der Waals surface area contributed by atoms with Gasteiger partial charge in [-0.2, -0.15) is 0 Å². The van der Waals surface area contributed by atoms with Crippen molar-refractivity contribution in [3.8, 4) is 0 Å². The monoisotopic (exact) mass is 508 g/mol. The van der Waals surface area contributed by atoms with Crippen LogP contribution < -0.4 is 10.6 Å². The average Bonchev–Trinajstić information content (AvgIpc) is 3.19.